The highest BCUT2D eigenvalue weighted by molar-refractivity contribution is 5.99. The summed E-state index contributed by atoms with van der Waals surface area (Å²) in [6.07, 6.45) is 0.860. The van der Waals surface area contributed by atoms with E-state index >= 15 is 0 Å². The zero-order valence-corrected chi connectivity index (χ0v) is 11.4. The average molecular weight is 250 g/mol. The highest BCUT2D eigenvalue weighted by Crippen LogP contribution is 2.41. The monoisotopic (exact) mass is 250 g/mol. The van der Waals surface area contributed by atoms with Crippen LogP contribution in [0.15, 0.2) is 0 Å². The summed E-state index contributed by atoms with van der Waals surface area (Å²) in [5, 5.41) is 0. The van der Waals surface area contributed by atoms with Crippen molar-refractivity contribution in [3.8, 4) is 0 Å². The van der Waals surface area contributed by atoms with Gasteiger partial charge < -0.3 is 9.47 Å². The van der Waals surface area contributed by atoms with Crippen LogP contribution in [0.25, 0.3) is 0 Å². The Morgan fingerprint density at radius 2 is 2.00 bits per heavy atom. The second-order valence-corrected chi connectivity index (χ2v) is 6.54. The van der Waals surface area contributed by atoms with Crippen LogP contribution in [-0.4, -0.2) is 21.4 Å². The van der Waals surface area contributed by atoms with E-state index in [1.54, 1.807) is 9.47 Å². The van der Waals surface area contributed by atoms with Gasteiger partial charge in [-0.3, -0.25) is 4.79 Å². The molecule has 0 saturated heterocycles. The number of hydrogen-bond donors (Lipinski definition) is 0. The Morgan fingerprint density at radius 1 is 1.33 bits per heavy atom. The van der Waals surface area contributed by atoms with Crippen LogP contribution in [0.1, 0.15) is 49.3 Å². The van der Waals surface area contributed by atoms with Gasteiger partial charge in [-0.25, -0.2) is 0 Å². The van der Waals surface area contributed by atoms with Crippen LogP contribution in [0.2, 0.25) is 0 Å². The Balaban J connectivity index is 2.09. The predicted molar refractivity (Wildman–Crippen MR) is 66.9 cm³/mol. The lowest BCUT2D eigenvalue weighted by atomic mass is 9.90. The van der Waals surface area contributed by atoms with Crippen LogP contribution in [0, 0.1) is 11.4 Å². The fraction of sp³-hybridized carbons (Fsp3) is 0.643. The van der Waals surface area contributed by atoms with Crippen LogP contribution in [-0.2, 0) is 19.5 Å². The van der Waals surface area contributed by atoms with Crippen LogP contribution < -0.4 is 0 Å². The number of carbonyl (C=O) groups is 1. The maximum atomic E-state index is 14.4. The molecule has 0 N–H and O–H groups in total. The second kappa shape index (κ2) is 3.37. The van der Waals surface area contributed by atoms with Gasteiger partial charge in [-0.2, -0.15) is 4.39 Å². The van der Waals surface area contributed by atoms with Gasteiger partial charge in [0, 0.05) is 30.4 Å². The van der Waals surface area contributed by atoms with Crippen molar-refractivity contribution in [3.63, 3.8) is 0 Å². The summed E-state index contributed by atoms with van der Waals surface area (Å²) in [4.78, 5) is 13.9. The van der Waals surface area contributed by atoms with Gasteiger partial charge in [-0.1, -0.05) is 13.8 Å². The van der Waals surface area contributed by atoms with E-state index in [4.69, 9.17) is 0 Å². The van der Waals surface area contributed by atoms with E-state index in [9.17, 15) is 9.18 Å². The molecule has 0 unspecified atom stereocenters. The van der Waals surface area contributed by atoms with Gasteiger partial charge >= 0.3 is 0 Å². The fourth-order valence-corrected chi connectivity index (χ4v) is 3.18. The summed E-state index contributed by atoms with van der Waals surface area (Å²) in [6.45, 7) is 9.47. The SMILES string of the molecule is CC(C)N1Cc2c(c(F)n3c2CC(C)(C)C3)C1=O. The highest BCUT2D eigenvalue weighted by Gasteiger charge is 2.42. The third-order valence-corrected chi connectivity index (χ3v) is 4.08. The summed E-state index contributed by atoms with van der Waals surface area (Å²) in [5.74, 6) is -0.462. The summed E-state index contributed by atoms with van der Waals surface area (Å²) in [5.41, 5.74) is 2.38. The topological polar surface area (TPSA) is 25.2 Å². The predicted octanol–water partition coefficient (Wildman–Crippen LogP) is 2.57. The van der Waals surface area contributed by atoms with E-state index in [0.29, 0.717) is 18.7 Å². The van der Waals surface area contributed by atoms with E-state index in [2.05, 4.69) is 13.8 Å². The highest BCUT2D eigenvalue weighted by atomic mass is 19.1. The van der Waals surface area contributed by atoms with Crippen molar-refractivity contribution in [2.24, 2.45) is 5.41 Å². The number of rotatable bonds is 1. The minimum Gasteiger partial charge on any atom is -0.332 e. The molecule has 3 heterocycles. The number of carbonyl (C=O) groups excluding carboxylic acids is 1. The smallest absolute Gasteiger partial charge is 0.259 e. The standard InChI is InChI=1S/C14H19FN2O/c1-8(2)16-6-9-10-5-14(3,4)7-17(10)12(15)11(9)13(16)18/h8H,5-7H2,1-4H3. The van der Waals surface area contributed by atoms with Gasteiger partial charge in [0.05, 0.1) is 5.56 Å². The Morgan fingerprint density at radius 3 is 2.61 bits per heavy atom. The number of nitrogens with zero attached hydrogens (tertiary/aromatic N) is 2. The number of amides is 1. The molecule has 2 aliphatic rings. The number of aromatic nitrogens is 1. The summed E-state index contributed by atoms with van der Waals surface area (Å²) >= 11 is 0. The van der Waals surface area contributed by atoms with Gasteiger partial charge in [0.15, 0.2) is 0 Å². The Hall–Kier alpha value is -1.32. The molecule has 2 aliphatic heterocycles. The molecule has 0 bridgehead atoms. The lowest BCUT2D eigenvalue weighted by molar-refractivity contribution is 0.0724. The Bertz CT molecular complexity index is 542. The van der Waals surface area contributed by atoms with Gasteiger partial charge in [0.1, 0.15) is 0 Å². The molecule has 4 heteroatoms. The van der Waals surface area contributed by atoms with E-state index in [1.807, 2.05) is 13.8 Å². The molecule has 0 spiro atoms. The molecule has 0 saturated carbocycles. The normalized spacial score (nSPS) is 20.8. The number of halogens is 1. The zero-order valence-electron chi connectivity index (χ0n) is 11.4. The van der Waals surface area contributed by atoms with Crippen molar-refractivity contribution in [1.82, 2.24) is 9.47 Å². The molecule has 3 rings (SSSR count). The first-order chi connectivity index (χ1) is 8.32. The average Bonchev–Trinajstić information content (AvgIpc) is 2.81. The zero-order chi connectivity index (χ0) is 13.2. The lowest BCUT2D eigenvalue weighted by Gasteiger charge is -2.20. The first-order valence-electron chi connectivity index (χ1n) is 6.52. The molecule has 0 aliphatic carbocycles. The summed E-state index contributed by atoms with van der Waals surface area (Å²) < 4.78 is 16.1. The number of fused-ring (bicyclic) bond motifs is 3. The van der Waals surface area contributed by atoms with Crippen molar-refractivity contribution in [1.29, 1.82) is 0 Å². The van der Waals surface area contributed by atoms with Crippen LogP contribution in [0.5, 0.6) is 0 Å². The third-order valence-electron chi connectivity index (χ3n) is 4.08. The van der Waals surface area contributed by atoms with E-state index < -0.39 is 0 Å². The van der Waals surface area contributed by atoms with Crippen molar-refractivity contribution in [2.45, 2.75) is 53.2 Å². The van der Waals surface area contributed by atoms with Crippen molar-refractivity contribution < 1.29 is 9.18 Å². The van der Waals surface area contributed by atoms with Gasteiger partial charge in [-0.15, -0.1) is 0 Å². The van der Waals surface area contributed by atoms with Crippen LogP contribution in [0.3, 0.4) is 0 Å². The molecule has 1 aromatic rings. The van der Waals surface area contributed by atoms with Crippen molar-refractivity contribution in [2.75, 3.05) is 0 Å². The first-order valence-corrected chi connectivity index (χ1v) is 6.52. The van der Waals surface area contributed by atoms with Crippen LogP contribution >= 0.6 is 0 Å². The maximum absolute atomic E-state index is 14.4. The van der Waals surface area contributed by atoms with Crippen molar-refractivity contribution >= 4 is 5.91 Å². The van der Waals surface area contributed by atoms with Gasteiger partial charge in [-0.05, 0) is 25.7 Å². The molecule has 1 aromatic heterocycles. The molecule has 0 aromatic carbocycles. The number of hydrogen-bond acceptors (Lipinski definition) is 1. The molecule has 0 fully saturated rings. The van der Waals surface area contributed by atoms with Gasteiger partial charge in [0.25, 0.3) is 5.91 Å². The molecular formula is C14H19FN2O. The van der Waals surface area contributed by atoms with E-state index in [0.717, 1.165) is 17.7 Å². The molecule has 98 valence electrons. The van der Waals surface area contributed by atoms with E-state index in [1.165, 1.54) is 0 Å². The third kappa shape index (κ3) is 1.38. The van der Waals surface area contributed by atoms with Crippen LogP contribution in [0.4, 0.5) is 4.39 Å². The van der Waals surface area contributed by atoms with E-state index in [-0.39, 0.29) is 23.3 Å². The molecule has 0 atom stereocenters. The molecule has 18 heavy (non-hydrogen) atoms. The minimum atomic E-state index is -0.321. The quantitative estimate of drug-likeness (QED) is 0.752. The lowest BCUT2D eigenvalue weighted by Crippen LogP contribution is -2.31. The first kappa shape index (κ1) is 11.8. The van der Waals surface area contributed by atoms with Crippen molar-refractivity contribution in [3.05, 3.63) is 22.8 Å². The molecule has 1 amide bonds. The molecular weight excluding hydrogens is 231 g/mol. The summed E-state index contributed by atoms with van der Waals surface area (Å²) in [7, 11) is 0. The Kier molecular flexibility index (Phi) is 2.20. The van der Waals surface area contributed by atoms with Gasteiger partial charge in [0.2, 0.25) is 5.95 Å². The maximum Gasteiger partial charge on any atom is 0.259 e. The fourth-order valence-electron chi connectivity index (χ4n) is 3.18. The summed E-state index contributed by atoms with van der Waals surface area (Å²) in [6, 6.07) is 0.124. The molecule has 0 radical (unpaired) electrons. The largest absolute Gasteiger partial charge is 0.332 e. The Labute approximate surface area is 107 Å². The second-order valence-electron chi connectivity index (χ2n) is 6.54. The minimum absolute atomic E-state index is 0.0967. The molecule has 3 nitrogen and oxygen atoms in total.